The number of rotatable bonds is 0. The van der Waals surface area contributed by atoms with Gasteiger partial charge in [0, 0.05) is 23.8 Å². The third kappa shape index (κ3) is 2.85. The molecule has 11 heavy (non-hydrogen) atoms. The first-order chi connectivity index (χ1) is 5.22. The van der Waals surface area contributed by atoms with Gasteiger partial charge in [0.05, 0.1) is 4.48 Å². The van der Waals surface area contributed by atoms with Crippen molar-refractivity contribution < 1.29 is 9.27 Å². The molecule has 0 aliphatic rings. The zero-order chi connectivity index (χ0) is 8.85. The predicted octanol–water partition coefficient (Wildman–Crippen LogP) is 2.69. The van der Waals surface area contributed by atoms with Crippen LogP contribution >= 0.6 is 11.6 Å². The first-order valence-corrected chi connectivity index (χ1v) is 3.93. The largest absolute Gasteiger partial charge is 0.322 e. The van der Waals surface area contributed by atoms with E-state index >= 15 is 0 Å². The molecule has 1 aromatic heterocycles. The van der Waals surface area contributed by atoms with Gasteiger partial charge in [-0.15, -0.1) is 0 Å². The topological polar surface area (TPSA) is 3.88 Å². The number of pyridine rings is 1. The summed E-state index contributed by atoms with van der Waals surface area (Å²) in [7, 11) is 0. The van der Waals surface area contributed by atoms with Gasteiger partial charge < -0.3 is 0 Å². The summed E-state index contributed by atoms with van der Waals surface area (Å²) < 4.78 is 12.5. The van der Waals surface area contributed by atoms with Gasteiger partial charge in [-0.2, -0.15) is 0 Å². The van der Waals surface area contributed by atoms with Crippen LogP contribution in [0.3, 0.4) is 0 Å². The first-order valence-electron chi connectivity index (χ1n) is 3.55. The van der Waals surface area contributed by atoms with Crippen LogP contribution in [0.25, 0.3) is 0 Å². The lowest BCUT2D eigenvalue weighted by molar-refractivity contribution is -0.846. The van der Waals surface area contributed by atoms with E-state index in [4.69, 9.17) is 11.6 Å². The third-order valence-corrected chi connectivity index (χ3v) is 1.34. The van der Waals surface area contributed by atoms with E-state index in [9.17, 15) is 4.48 Å². The van der Waals surface area contributed by atoms with Gasteiger partial charge in [0.1, 0.15) is 0 Å². The molecule has 0 aliphatic carbocycles. The van der Waals surface area contributed by atoms with Gasteiger partial charge >= 0.3 is 5.15 Å². The lowest BCUT2D eigenvalue weighted by Crippen LogP contribution is -2.27. The molecule has 1 rings (SSSR count). The van der Waals surface area contributed by atoms with E-state index in [1.54, 1.807) is 19.1 Å². The van der Waals surface area contributed by atoms with Crippen molar-refractivity contribution in [2.45, 2.75) is 20.8 Å². The molecule has 0 saturated heterocycles. The van der Waals surface area contributed by atoms with Crippen molar-refractivity contribution in [2.24, 2.45) is 0 Å². The highest BCUT2D eigenvalue weighted by molar-refractivity contribution is 6.28. The zero-order valence-electron chi connectivity index (χ0n) is 6.94. The van der Waals surface area contributed by atoms with Crippen LogP contribution in [0, 0.1) is 6.92 Å². The van der Waals surface area contributed by atoms with Crippen molar-refractivity contribution in [1.29, 1.82) is 0 Å². The number of aryl methyl sites for hydroxylation is 1. The maximum atomic E-state index is 12.5. The predicted molar refractivity (Wildman–Crippen MR) is 44.2 cm³/mol. The standard InChI is InChI=1S/C6H6ClFN.C2H6/c1-5-3-2-4-6(7)9(5)8;1-2/h2-4H,1H3;1-2H3/q+1;. The van der Waals surface area contributed by atoms with E-state index in [1.807, 2.05) is 13.8 Å². The second-order valence-corrected chi connectivity index (χ2v) is 2.16. The number of aromatic nitrogens is 1. The Balaban J connectivity index is 0.000000461. The lowest BCUT2D eigenvalue weighted by atomic mass is 10.4. The Labute approximate surface area is 71.4 Å². The molecule has 62 valence electrons. The molecule has 1 aromatic rings. The summed E-state index contributed by atoms with van der Waals surface area (Å²) in [5.74, 6) is 0. The molecule has 0 fully saturated rings. The lowest BCUT2D eigenvalue weighted by Gasteiger charge is -1.84. The third-order valence-electron chi connectivity index (χ3n) is 1.07. The minimum absolute atomic E-state index is 0.106. The van der Waals surface area contributed by atoms with Crippen LogP contribution < -0.4 is 4.79 Å². The van der Waals surface area contributed by atoms with Crippen LogP contribution in [0.15, 0.2) is 18.2 Å². The van der Waals surface area contributed by atoms with Gasteiger partial charge in [0.25, 0.3) is 0 Å². The summed E-state index contributed by atoms with van der Waals surface area (Å²) in [4.78, 5) is 0.432. The summed E-state index contributed by atoms with van der Waals surface area (Å²) >= 11 is 5.40. The summed E-state index contributed by atoms with van der Waals surface area (Å²) in [6, 6.07) is 4.84. The molecular formula is C8H12ClFN+. The normalized spacial score (nSPS) is 8.45. The van der Waals surface area contributed by atoms with Crippen molar-refractivity contribution in [3.63, 3.8) is 0 Å². The molecular weight excluding hydrogens is 165 g/mol. The van der Waals surface area contributed by atoms with Gasteiger partial charge in [-0.1, -0.05) is 13.8 Å². The summed E-state index contributed by atoms with van der Waals surface area (Å²) in [6.45, 7) is 5.64. The SMILES string of the molecule is CC.Cc1cccc(Cl)[n+]1F. The Morgan fingerprint density at radius 3 is 2.27 bits per heavy atom. The molecule has 1 heterocycles. The van der Waals surface area contributed by atoms with E-state index in [-0.39, 0.29) is 5.15 Å². The number of nitrogens with zero attached hydrogens (tertiary/aromatic N) is 1. The van der Waals surface area contributed by atoms with E-state index < -0.39 is 0 Å². The highest BCUT2D eigenvalue weighted by Crippen LogP contribution is 2.01. The Kier molecular flexibility index (Phi) is 4.79. The maximum absolute atomic E-state index is 12.5. The summed E-state index contributed by atoms with van der Waals surface area (Å²) in [6.07, 6.45) is 0. The molecule has 0 aliphatic heterocycles. The minimum Gasteiger partial charge on any atom is -0.0683 e. The molecule has 1 nitrogen and oxygen atoms in total. The highest BCUT2D eigenvalue weighted by Gasteiger charge is 2.09. The van der Waals surface area contributed by atoms with Crippen molar-refractivity contribution in [3.05, 3.63) is 29.0 Å². The molecule has 0 atom stereocenters. The Morgan fingerprint density at radius 2 is 1.91 bits per heavy atom. The van der Waals surface area contributed by atoms with Crippen LogP contribution in [0.4, 0.5) is 4.48 Å². The molecule has 0 radical (unpaired) electrons. The summed E-state index contributed by atoms with van der Waals surface area (Å²) in [5.41, 5.74) is 0.502. The molecule has 0 saturated carbocycles. The maximum Gasteiger partial charge on any atom is 0.322 e. The van der Waals surface area contributed by atoms with E-state index in [0.29, 0.717) is 10.5 Å². The fourth-order valence-corrected chi connectivity index (χ4v) is 0.772. The van der Waals surface area contributed by atoms with E-state index in [1.165, 1.54) is 6.07 Å². The van der Waals surface area contributed by atoms with Crippen molar-refractivity contribution >= 4 is 11.6 Å². The van der Waals surface area contributed by atoms with Gasteiger partial charge in [0.15, 0.2) is 0 Å². The number of hydrogen-bond donors (Lipinski definition) is 0. The van der Waals surface area contributed by atoms with Crippen LogP contribution in [0.1, 0.15) is 19.5 Å². The van der Waals surface area contributed by atoms with Crippen molar-refractivity contribution in [1.82, 2.24) is 0 Å². The fourth-order valence-electron chi connectivity index (χ4n) is 0.566. The van der Waals surface area contributed by atoms with Crippen LogP contribution in [0.5, 0.6) is 0 Å². The van der Waals surface area contributed by atoms with Crippen LogP contribution in [0.2, 0.25) is 5.15 Å². The van der Waals surface area contributed by atoms with Gasteiger partial charge in [-0.3, -0.25) is 0 Å². The second-order valence-electron chi connectivity index (χ2n) is 1.77. The molecule has 0 aromatic carbocycles. The minimum atomic E-state index is 0.106. The Bertz CT molecular complexity index is 205. The van der Waals surface area contributed by atoms with Crippen LogP contribution in [-0.4, -0.2) is 0 Å². The smallest absolute Gasteiger partial charge is 0.0683 e. The van der Waals surface area contributed by atoms with Crippen LogP contribution in [-0.2, 0) is 0 Å². The molecule has 0 spiro atoms. The molecule has 0 amide bonds. The molecule has 3 heteroatoms. The highest BCUT2D eigenvalue weighted by atomic mass is 35.5. The average molecular weight is 177 g/mol. The second kappa shape index (κ2) is 5.08. The van der Waals surface area contributed by atoms with E-state index in [2.05, 4.69) is 0 Å². The van der Waals surface area contributed by atoms with Gasteiger partial charge in [-0.05, 0) is 17.7 Å². The quantitative estimate of drug-likeness (QED) is 0.536. The van der Waals surface area contributed by atoms with Gasteiger partial charge in [0.2, 0.25) is 5.69 Å². The molecule has 0 unspecified atom stereocenters. The number of hydrogen-bond acceptors (Lipinski definition) is 0. The summed E-state index contributed by atoms with van der Waals surface area (Å²) in [5, 5.41) is 0.106. The average Bonchev–Trinajstić information content (AvgIpc) is 2.04. The monoisotopic (exact) mass is 176 g/mol. The fraction of sp³-hybridized carbons (Fsp3) is 0.375. The first kappa shape index (κ1) is 10.4. The van der Waals surface area contributed by atoms with Crippen molar-refractivity contribution in [2.75, 3.05) is 0 Å². The Morgan fingerprint density at radius 1 is 1.36 bits per heavy atom. The zero-order valence-corrected chi connectivity index (χ0v) is 7.69. The van der Waals surface area contributed by atoms with Gasteiger partial charge in [-0.25, -0.2) is 0 Å². The molecule has 0 N–H and O–H groups in total. The number of halogens is 2. The molecule has 0 bridgehead atoms. The Hall–Kier alpha value is -0.630. The van der Waals surface area contributed by atoms with Crippen molar-refractivity contribution in [3.8, 4) is 0 Å². The van der Waals surface area contributed by atoms with E-state index in [0.717, 1.165) is 0 Å².